The molecular formula is C22H24F3N5O. The summed E-state index contributed by atoms with van der Waals surface area (Å²) in [4.78, 5) is 16.6. The van der Waals surface area contributed by atoms with E-state index >= 15 is 0 Å². The molecule has 0 spiro atoms. The topological polar surface area (TPSA) is 66.0 Å². The molecule has 0 radical (unpaired) electrons. The largest absolute Gasteiger partial charge is 0.408 e. The Hall–Kier alpha value is -2.81. The van der Waals surface area contributed by atoms with Crippen molar-refractivity contribution in [3.05, 3.63) is 52.4 Å². The molecule has 2 aliphatic rings. The smallest absolute Gasteiger partial charge is 0.338 e. The van der Waals surface area contributed by atoms with Crippen molar-refractivity contribution in [3.63, 3.8) is 0 Å². The Labute approximate surface area is 177 Å². The fraction of sp³-hybridized carbons (Fsp3) is 0.455. The first kappa shape index (κ1) is 20.1. The first-order valence-electron chi connectivity index (χ1n) is 10.7. The minimum Gasteiger partial charge on any atom is -0.338 e. The van der Waals surface area contributed by atoms with Gasteiger partial charge in [0.25, 0.3) is 5.56 Å². The summed E-state index contributed by atoms with van der Waals surface area (Å²) in [5.74, 6) is 0.997. The quantitative estimate of drug-likeness (QED) is 0.600. The van der Waals surface area contributed by atoms with Gasteiger partial charge in [0.2, 0.25) is 0 Å². The molecular weight excluding hydrogens is 407 g/mol. The Morgan fingerprint density at radius 2 is 1.84 bits per heavy atom. The van der Waals surface area contributed by atoms with Gasteiger partial charge in [-0.15, -0.1) is 0 Å². The molecule has 0 amide bonds. The third-order valence-electron chi connectivity index (χ3n) is 6.11. The average Bonchev–Trinajstić information content (AvgIpc) is 3.24. The number of pyridine rings is 1. The summed E-state index contributed by atoms with van der Waals surface area (Å²) < 4.78 is 43.0. The average molecular weight is 431 g/mol. The third-order valence-corrected chi connectivity index (χ3v) is 6.11. The molecule has 3 heterocycles. The van der Waals surface area contributed by atoms with E-state index in [0.717, 1.165) is 37.7 Å². The molecule has 6 nitrogen and oxygen atoms in total. The van der Waals surface area contributed by atoms with Crippen LogP contribution in [0, 0.1) is 5.92 Å². The molecule has 2 fully saturated rings. The van der Waals surface area contributed by atoms with Crippen LogP contribution in [0.25, 0.3) is 10.9 Å². The lowest BCUT2D eigenvalue weighted by molar-refractivity contribution is -0.183. The van der Waals surface area contributed by atoms with Gasteiger partial charge in [-0.2, -0.15) is 18.3 Å². The lowest BCUT2D eigenvalue weighted by Gasteiger charge is -2.29. The van der Waals surface area contributed by atoms with E-state index in [9.17, 15) is 18.0 Å². The molecule has 1 aliphatic heterocycles. The molecule has 2 N–H and O–H groups in total. The van der Waals surface area contributed by atoms with E-state index in [4.69, 9.17) is 0 Å². The second kappa shape index (κ2) is 7.71. The van der Waals surface area contributed by atoms with Crippen molar-refractivity contribution in [2.24, 2.45) is 5.92 Å². The maximum Gasteiger partial charge on any atom is 0.408 e. The van der Waals surface area contributed by atoms with Crippen molar-refractivity contribution < 1.29 is 13.2 Å². The minimum absolute atomic E-state index is 0.224. The number of anilines is 2. The van der Waals surface area contributed by atoms with Crippen molar-refractivity contribution in [2.45, 2.75) is 44.4 Å². The molecule has 5 rings (SSSR count). The van der Waals surface area contributed by atoms with Crippen LogP contribution in [0.15, 0.2) is 41.3 Å². The van der Waals surface area contributed by atoms with Gasteiger partial charge in [-0.1, -0.05) is 12.1 Å². The number of benzene rings is 1. The maximum absolute atomic E-state index is 13.7. The SMILES string of the molecule is O=c1[nH]ccc2c1c(Nc1ccc(C(N3CCCC3)C(F)(F)F)cc1)nn2CC1CC1. The second-order valence-corrected chi connectivity index (χ2v) is 8.48. The van der Waals surface area contributed by atoms with Crippen molar-refractivity contribution in [1.82, 2.24) is 19.7 Å². The number of alkyl halides is 3. The van der Waals surface area contributed by atoms with Gasteiger partial charge in [0, 0.05) is 18.4 Å². The van der Waals surface area contributed by atoms with Gasteiger partial charge in [0.1, 0.15) is 11.4 Å². The zero-order chi connectivity index (χ0) is 21.6. The summed E-state index contributed by atoms with van der Waals surface area (Å²) in [5.41, 5.74) is 1.32. The maximum atomic E-state index is 13.7. The van der Waals surface area contributed by atoms with Gasteiger partial charge in [-0.05, 0) is 68.5 Å². The summed E-state index contributed by atoms with van der Waals surface area (Å²) in [6.07, 6.45) is 1.17. The van der Waals surface area contributed by atoms with Gasteiger partial charge in [0.15, 0.2) is 5.82 Å². The lowest BCUT2D eigenvalue weighted by atomic mass is 10.0. The van der Waals surface area contributed by atoms with Crippen LogP contribution in [-0.2, 0) is 6.54 Å². The van der Waals surface area contributed by atoms with E-state index in [1.54, 1.807) is 18.3 Å². The number of halogens is 3. The highest BCUT2D eigenvalue weighted by Gasteiger charge is 2.45. The Bertz CT molecular complexity index is 1120. The molecule has 2 aromatic heterocycles. The van der Waals surface area contributed by atoms with Crippen LogP contribution < -0.4 is 10.9 Å². The van der Waals surface area contributed by atoms with Gasteiger partial charge in [0.05, 0.1) is 5.52 Å². The summed E-state index contributed by atoms with van der Waals surface area (Å²) in [6.45, 7) is 1.67. The summed E-state index contributed by atoms with van der Waals surface area (Å²) in [5, 5.41) is 8.17. The van der Waals surface area contributed by atoms with E-state index in [-0.39, 0.29) is 11.1 Å². The number of hydrogen-bond acceptors (Lipinski definition) is 4. The van der Waals surface area contributed by atoms with E-state index in [2.05, 4.69) is 15.4 Å². The molecule has 164 valence electrons. The molecule has 31 heavy (non-hydrogen) atoms. The number of nitrogens with zero attached hydrogens (tertiary/aromatic N) is 3. The Balaban J connectivity index is 1.43. The predicted octanol–water partition coefficient (Wildman–Crippen LogP) is 4.58. The molecule has 1 unspecified atom stereocenters. The number of aromatic nitrogens is 3. The highest BCUT2D eigenvalue weighted by molar-refractivity contribution is 5.91. The molecule has 1 aliphatic carbocycles. The van der Waals surface area contributed by atoms with E-state index < -0.39 is 12.2 Å². The van der Waals surface area contributed by atoms with Crippen molar-refractivity contribution in [3.8, 4) is 0 Å². The molecule has 3 aromatic rings. The van der Waals surface area contributed by atoms with Gasteiger partial charge in [-0.3, -0.25) is 14.4 Å². The fourth-order valence-corrected chi connectivity index (χ4v) is 4.40. The predicted molar refractivity (Wildman–Crippen MR) is 112 cm³/mol. The number of rotatable bonds is 6. The summed E-state index contributed by atoms with van der Waals surface area (Å²) in [6, 6.07) is 6.48. The number of likely N-dealkylation sites (tertiary alicyclic amines) is 1. The molecule has 1 aromatic carbocycles. The number of fused-ring (bicyclic) bond motifs is 1. The monoisotopic (exact) mass is 431 g/mol. The summed E-state index contributed by atoms with van der Waals surface area (Å²) in [7, 11) is 0. The first-order chi connectivity index (χ1) is 14.9. The number of H-pyrrole nitrogens is 1. The molecule has 1 saturated heterocycles. The Morgan fingerprint density at radius 1 is 1.13 bits per heavy atom. The van der Waals surface area contributed by atoms with E-state index in [0.29, 0.717) is 35.9 Å². The van der Waals surface area contributed by atoms with Crippen LogP contribution in [0.5, 0.6) is 0 Å². The molecule has 1 atom stereocenters. The Kier molecular flexibility index (Phi) is 5.00. The minimum atomic E-state index is -4.33. The second-order valence-electron chi connectivity index (χ2n) is 8.48. The first-order valence-corrected chi connectivity index (χ1v) is 10.7. The standard InChI is InChI=1S/C22H24F3N5O/c23-22(24,25)19(29-11-1-2-12-29)15-5-7-16(8-6-15)27-20-18-17(9-10-26-21(18)31)30(28-20)13-14-3-4-14/h5-10,14,19H,1-4,11-13H2,(H,26,31)(H,27,28). The van der Waals surface area contributed by atoms with Crippen LogP contribution in [0.1, 0.15) is 37.3 Å². The van der Waals surface area contributed by atoms with E-state index in [1.807, 2.05) is 10.7 Å². The summed E-state index contributed by atoms with van der Waals surface area (Å²) >= 11 is 0. The van der Waals surface area contributed by atoms with Gasteiger partial charge in [-0.25, -0.2) is 0 Å². The van der Waals surface area contributed by atoms with Crippen molar-refractivity contribution >= 4 is 22.4 Å². The van der Waals surface area contributed by atoms with E-state index in [1.165, 1.54) is 17.0 Å². The fourth-order valence-electron chi connectivity index (χ4n) is 4.40. The van der Waals surface area contributed by atoms with Crippen LogP contribution in [0.4, 0.5) is 24.7 Å². The Morgan fingerprint density at radius 3 is 2.48 bits per heavy atom. The highest BCUT2D eigenvalue weighted by Crippen LogP contribution is 2.40. The highest BCUT2D eigenvalue weighted by atomic mass is 19.4. The third kappa shape index (κ3) is 4.06. The number of aromatic amines is 1. The molecule has 1 saturated carbocycles. The van der Waals surface area contributed by atoms with Crippen LogP contribution in [0.3, 0.4) is 0 Å². The van der Waals surface area contributed by atoms with Crippen LogP contribution in [0.2, 0.25) is 0 Å². The zero-order valence-electron chi connectivity index (χ0n) is 17.0. The van der Waals surface area contributed by atoms with Crippen molar-refractivity contribution in [2.75, 3.05) is 18.4 Å². The van der Waals surface area contributed by atoms with Gasteiger partial charge < -0.3 is 10.3 Å². The van der Waals surface area contributed by atoms with Crippen LogP contribution >= 0.6 is 0 Å². The lowest BCUT2D eigenvalue weighted by Crippen LogP contribution is -2.36. The number of nitrogens with one attached hydrogen (secondary N) is 2. The zero-order valence-corrected chi connectivity index (χ0v) is 17.0. The number of hydrogen-bond donors (Lipinski definition) is 2. The van der Waals surface area contributed by atoms with Crippen LogP contribution in [-0.4, -0.2) is 38.9 Å². The van der Waals surface area contributed by atoms with Gasteiger partial charge >= 0.3 is 6.18 Å². The van der Waals surface area contributed by atoms with Crippen molar-refractivity contribution in [1.29, 1.82) is 0 Å². The normalized spacial score (nSPS) is 18.5. The molecule has 9 heteroatoms. The molecule has 0 bridgehead atoms.